The van der Waals surface area contributed by atoms with Crippen LogP contribution in [0.4, 0.5) is 5.69 Å². The highest BCUT2D eigenvalue weighted by Crippen LogP contribution is 2.19. The number of hydrogen-bond acceptors (Lipinski definition) is 2. The molecule has 0 bridgehead atoms. The van der Waals surface area contributed by atoms with E-state index in [1.54, 1.807) is 0 Å². The van der Waals surface area contributed by atoms with E-state index >= 15 is 0 Å². The molecule has 0 radical (unpaired) electrons. The summed E-state index contributed by atoms with van der Waals surface area (Å²) in [5.41, 5.74) is 7.39. The predicted molar refractivity (Wildman–Crippen MR) is 72.0 cm³/mol. The van der Waals surface area contributed by atoms with E-state index in [1.807, 2.05) is 32.0 Å². The number of carbonyl (C=O) groups excluding carboxylic acids is 1. The fourth-order valence-corrected chi connectivity index (χ4v) is 1.59. The van der Waals surface area contributed by atoms with Crippen molar-refractivity contribution >= 4 is 11.6 Å². The minimum absolute atomic E-state index is 0.0431. The van der Waals surface area contributed by atoms with E-state index in [0.29, 0.717) is 12.3 Å². The first kappa shape index (κ1) is 13.7. The van der Waals surface area contributed by atoms with E-state index in [4.69, 9.17) is 5.73 Å². The summed E-state index contributed by atoms with van der Waals surface area (Å²) in [7, 11) is 0. The zero-order chi connectivity index (χ0) is 13.1. The van der Waals surface area contributed by atoms with Gasteiger partial charge < -0.3 is 11.1 Å². The number of nitrogens with one attached hydrogen (secondary N) is 1. The first-order chi connectivity index (χ1) is 7.78. The molecule has 3 N–H and O–H groups in total. The Hall–Kier alpha value is -1.35. The molecule has 0 aromatic heterocycles. The molecule has 1 aromatic rings. The smallest absolute Gasteiger partial charge is 0.226 e. The highest BCUT2D eigenvalue weighted by molar-refractivity contribution is 5.91. The molecule has 1 aromatic carbocycles. The van der Waals surface area contributed by atoms with Crippen LogP contribution in [0.2, 0.25) is 0 Å². The summed E-state index contributed by atoms with van der Waals surface area (Å²) < 4.78 is 0. The molecule has 0 heterocycles. The molecule has 0 aliphatic heterocycles. The van der Waals surface area contributed by atoms with Crippen LogP contribution in [0.25, 0.3) is 0 Å². The van der Waals surface area contributed by atoms with E-state index < -0.39 is 5.54 Å². The highest BCUT2D eigenvalue weighted by Gasteiger charge is 2.16. The molecule has 3 heteroatoms. The molecule has 1 amide bonds. The van der Waals surface area contributed by atoms with Crippen molar-refractivity contribution in [3.63, 3.8) is 0 Å². The number of hydrogen-bond donors (Lipinski definition) is 2. The lowest BCUT2D eigenvalue weighted by Crippen LogP contribution is -2.36. The van der Waals surface area contributed by atoms with Crippen molar-refractivity contribution in [1.29, 1.82) is 0 Å². The fourth-order valence-electron chi connectivity index (χ4n) is 1.59. The second kappa shape index (κ2) is 5.32. The summed E-state index contributed by atoms with van der Waals surface area (Å²) in [6.07, 6.45) is 0.318. The van der Waals surface area contributed by atoms with Crippen molar-refractivity contribution in [2.24, 2.45) is 5.73 Å². The van der Waals surface area contributed by atoms with Gasteiger partial charge in [0.1, 0.15) is 0 Å². The molecule has 0 aliphatic carbocycles. The molecule has 0 saturated heterocycles. The van der Waals surface area contributed by atoms with Crippen LogP contribution in [0.3, 0.4) is 0 Å². The van der Waals surface area contributed by atoms with Gasteiger partial charge in [0.05, 0.1) is 0 Å². The first-order valence-corrected chi connectivity index (χ1v) is 5.96. The Morgan fingerprint density at radius 3 is 2.59 bits per heavy atom. The number of amides is 1. The molecule has 0 saturated carbocycles. The Labute approximate surface area is 103 Å². The van der Waals surface area contributed by atoms with E-state index in [2.05, 4.69) is 25.2 Å². The van der Waals surface area contributed by atoms with Gasteiger partial charge in [-0.2, -0.15) is 0 Å². The maximum Gasteiger partial charge on any atom is 0.226 e. The number of benzene rings is 1. The lowest BCUT2D eigenvalue weighted by atomic mass is 10.0. The van der Waals surface area contributed by atoms with Crippen molar-refractivity contribution in [1.82, 2.24) is 0 Å². The quantitative estimate of drug-likeness (QED) is 0.841. The van der Waals surface area contributed by atoms with Crippen LogP contribution < -0.4 is 11.1 Å². The number of carbonyl (C=O) groups is 1. The standard InChI is InChI=1S/C14H22N2O/c1-10(2)11-6-5-7-12(8-11)16-13(17)9-14(3,4)15/h5-8,10H,9,15H2,1-4H3,(H,16,17). The first-order valence-electron chi connectivity index (χ1n) is 5.96. The maximum absolute atomic E-state index is 11.7. The van der Waals surface area contributed by atoms with Gasteiger partial charge in [-0.3, -0.25) is 4.79 Å². The van der Waals surface area contributed by atoms with Gasteiger partial charge >= 0.3 is 0 Å². The Morgan fingerprint density at radius 1 is 1.41 bits per heavy atom. The SMILES string of the molecule is CC(C)c1cccc(NC(=O)CC(C)(C)N)c1. The van der Waals surface area contributed by atoms with E-state index in [9.17, 15) is 4.79 Å². The highest BCUT2D eigenvalue weighted by atomic mass is 16.1. The van der Waals surface area contributed by atoms with Crippen molar-refractivity contribution in [2.75, 3.05) is 5.32 Å². The molecule has 0 fully saturated rings. The average Bonchev–Trinajstić information content (AvgIpc) is 2.14. The van der Waals surface area contributed by atoms with Crippen molar-refractivity contribution < 1.29 is 4.79 Å². The summed E-state index contributed by atoms with van der Waals surface area (Å²) in [5.74, 6) is 0.413. The molecule has 1 rings (SSSR count). The number of anilines is 1. The Balaban J connectivity index is 2.69. The van der Waals surface area contributed by atoms with Crippen LogP contribution in [0, 0.1) is 0 Å². The predicted octanol–water partition coefficient (Wildman–Crippen LogP) is 2.88. The van der Waals surface area contributed by atoms with Crippen LogP contribution in [-0.4, -0.2) is 11.4 Å². The topological polar surface area (TPSA) is 55.1 Å². The van der Waals surface area contributed by atoms with Gasteiger partial charge in [0, 0.05) is 17.6 Å². The normalized spacial score (nSPS) is 11.6. The number of nitrogens with two attached hydrogens (primary N) is 1. The Morgan fingerprint density at radius 2 is 2.06 bits per heavy atom. The molecule has 0 unspecified atom stereocenters. The zero-order valence-corrected chi connectivity index (χ0v) is 11.1. The third-order valence-corrected chi connectivity index (χ3v) is 2.45. The van der Waals surface area contributed by atoms with Gasteiger partial charge in [0.2, 0.25) is 5.91 Å². The summed E-state index contributed by atoms with van der Waals surface area (Å²) in [6, 6.07) is 7.92. The largest absolute Gasteiger partial charge is 0.326 e. The van der Waals surface area contributed by atoms with Crippen LogP contribution in [0.15, 0.2) is 24.3 Å². The minimum Gasteiger partial charge on any atom is -0.326 e. The second-order valence-corrected chi connectivity index (χ2v) is 5.49. The third kappa shape index (κ3) is 5.00. The van der Waals surface area contributed by atoms with E-state index in [0.717, 1.165) is 5.69 Å². The van der Waals surface area contributed by atoms with Crippen molar-refractivity contribution in [3.8, 4) is 0 Å². The second-order valence-electron chi connectivity index (χ2n) is 5.49. The number of rotatable bonds is 4. The van der Waals surface area contributed by atoms with Crippen LogP contribution >= 0.6 is 0 Å². The third-order valence-electron chi connectivity index (χ3n) is 2.45. The summed E-state index contributed by atoms with van der Waals surface area (Å²) in [5, 5.41) is 2.87. The van der Waals surface area contributed by atoms with Gasteiger partial charge in [-0.1, -0.05) is 26.0 Å². The molecule has 0 aliphatic rings. The lowest BCUT2D eigenvalue weighted by Gasteiger charge is -2.17. The van der Waals surface area contributed by atoms with Crippen LogP contribution in [0.1, 0.15) is 45.6 Å². The maximum atomic E-state index is 11.7. The van der Waals surface area contributed by atoms with Gasteiger partial charge in [0.15, 0.2) is 0 Å². The zero-order valence-electron chi connectivity index (χ0n) is 11.1. The summed E-state index contributed by atoms with van der Waals surface area (Å²) >= 11 is 0. The lowest BCUT2D eigenvalue weighted by molar-refractivity contribution is -0.117. The Bertz CT molecular complexity index is 391. The van der Waals surface area contributed by atoms with Gasteiger partial charge in [-0.15, -0.1) is 0 Å². The van der Waals surface area contributed by atoms with Crippen LogP contribution in [0.5, 0.6) is 0 Å². The fraction of sp³-hybridized carbons (Fsp3) is 0.500. The summed E-state index contributed by atoms with van der Waals surface area (Å²) in [6.45, 7) is 7.95. The molecule has 0 atom stereocenters. The molecule has 17 heavy (non-hydrogen) atoms. The Kier molecular flexibility index (Phi) is 4.29. The monoisotopic (exact) mass is 234 g/mol. The van der Waals surface area contributed by atoms with Gasteiger partial charge in [0.25, 0.3) is 0 Å². The van der Waals surface area contributed by atoms with Gasteiger partial charge in [-0.25, -0.2) is 0 Å². The molecular weight excluding hydrogens is 212 g/mol. The average molecular weight is 234 g/mol. The van der Waals surface area contributed by atoms with Crippen molar-refractivity contribution in [2.45, 2.75) is 45.6 Å². The molecular formula is C14H22N2O. The van der Waals surface area contributed by atoms with E-state index in [1.165, 1.54) is 5.56 Å². The molecule has 3 nitrogen and oxygen atoms in total. The molecule has 0 spiro atoms. The van der Waals surface area contributed by atoms with Gasteiger partial charge in [-0.05, 0) is 37.5 Å². The van der Waals surface area contributed by atoms with E-state index in [-0.39, 0.29) is 5.91 Å². The van der Waals surface area contributed by atoms with Crippen LogP contribution in [-0.2, 0) is 4.79 Å². The minimum atomic E-state index is -0.472. The van der Waals surface area contributed by atoms with Crippen molar-refractivity contribution in [3.05, 3.63) is 29.8 Å². The molecule has 94 valence electrons. The summed E-state index contributed by atoms with van der Waals surface area (Å²) in [4.78, 5) is 11.7.